The van der Waals surface area contributed by atoms with Crippen LogP contribution in [-0.2, 0) is 26.1 Å². The Morgan fingerprint density at radius 1 is 1.19 bits per heavy atom. The molecule has 0 aliphatic rings. The summed E-state index contributed by atoms with van der Waals surface area (Å²) in [5.74, 6) is -0.508. The second kappa shape index (κ2) is 11.5. The fraction of sp³-hybridized carbons (Fsp3) is 0.455. The average Bonchev–Trinajstić information content (AvgIpc) is 3.04. The van der Waals surface area contributed by atoms with Gasteiger partial charge in [0.1, 0.15) is 6.04 Å². The van der Waals surface area contributed by atoms with E-state index < -0.39 is 28.6 Å². The highest BCUT2D eigenvalue weighted by molar-refractivity contribution is 7.98. The maximum atomic E-state index is 12.6. The molecule has 31 heavy (non-hydrogen) atoms. The number of thioether (sulfide) groups is 1. The van der Waals surface area contributed by atoms with Crippen LogP contribution < -0.4 is 4.72 Å². The van der Waals surface area contributed by atoms with Gasteiger partial charge in [-0.15, -0.1) is 0 Å². The van der Waals surface area contributed by atoms with Crippen LogP contribution >= 0.6 is 11.8 Å². The van der Waals surface area contributed by atoms with Gasteiger partial charge in [-0.05, 0) is 56.9 Å². The molecular formula is C22H30N2O5S2. The van der Waals surface area contributed by atoms with E-state index in [0.29, 0.717) is 11.3 Å². The van der Waals surface area contributed by atoms with Crippen LogP contribution in [0, 0.1) is 13.8 Å². The molecule has 1 N–H and O–H groups in total. The molecule has 0 aliphatic carbocycles. The van der Waals surface area contributed by atoms with E-state index in [0.717, 1.165) is 24.4 Å². The first-order valence-corrected chi connectivity index (χ1v) is 13.0. The van der Waals surface area contributed by atoms with Crippen molar-refractivity contribution in [3.63, 3.8) is 0 Å². The summed E-state index contributed by atoms with van der Waals surface area (Å²) in [5, 5.41) is 0. The molecule has 170 valence electrons. The summed E-state index contributed by atoms with van der Waals surface area (Å²) in [4.78, 5) is 25.4. The van der Waals surface area contributed by atoms with E-state index in [-0.39, 0.29) is 17.1 Å². The van der Waals surface area contributed by atoms with Gasteiger partial charge in [0, 0.05) is 23.5 Å². The lowest BCUT2D eigenvalue weighted by Crippen LogP contribution is -2.42. The molecule has 0 spiro atoms. The Balaban J connectivity index is 2.09. The van der Waals surface area contributed by atoms with E-state index in [1.165, 1.54) is 23.9 Å². The van der Waals surface area contributed by atoms with Crippen molar-refractivity contribution in [2.45, 2.75) is 51.1 Å². The molecule has 9 heteroatoms. The summed E-state index contributed by atoms with van der Waals surface area (Å²) in [6.07, 6.45) is 3.06. The van der Waals surface area contributed by atoms with Gasteiger partial charge < -0.3 is 9.30 Å². The quantitative estimate of drug-likeness (QED) is 0.381. The molecule has 1 heterocycles. The van der Waals surface area contributed by atoms with Gasteiger partial charge in [-0.25, -0.2) is 8.42 Å². The molecule has 1 atom stereocenters. The maximum Gasteiger partial charge on any atom is 0.324 e. The standard InChI is InChI=1S/C22H30N2O5S2/c1-5-12-24-16(2)14-19(17(24)3)21(25)15-29-22(26)20(11-13-30-4)23-31(27,28)18-9-7-6-8-10-18/h6-10,14,20,23H,5,11-13,15H2,1-4H3. The van der Waals surface area contributed by atoms with Crippen LogP contribution in [0.2, 0.25) is 0 Å². The Bertz CT molecular complexity index is 1000. The highest BCUT2D eigenvalue weighted by Crippen LogP contribution is 2.17. The molecule has 1 aromatic heterocycles. The van der Waals surface area contributed by atoms with Gasteiger partial charge >= 0.3 is 5.97 Å². The van der Waals surface area contributed by atoms with Crippen molar-refractivity contribution < 1.29 is 22.7 Å². The number of nitrogens with zero attached hydrogens (tertiary/aromatic N) is 1. The zero-order valence-corrected chi connectivity index (χ0v) is 20.0. The fourth-order valence-corrected chi connectivity index (χ4v) is 4.99. The number of benzene rings is 1. The number of sulfonamides is 1. The zero-order chi connectivity index (χ0) is 23.0. The first kappa shape index (κ1) is 25.2. The minimum absolute atomic E-state index is 0.0661. The lowest BCUT2D eigenvalue weighted by Gasteiger charge is -2.17. The van der Waals surface area contributed by atoms with Crippen LogP contribution in [0.1, 0.15) is 41.5 Å². The summed E-state index contributed by atoms with van der Waals surface area (Å²) < 4.78 is 34.9. The molecule has 1 unspecified atom stereocenters. The number of aromatic nitrogens is 1. The van der Waals surface area contributed by atoms with Crippen LogP contribution in [0.3, 0.4) is 0 Å². The third kappa shape index (κ3) is 6.69. The Hall–Kier alpha value is -2.10. The van der Waals surface area contributed by atoms with Crippen molar-refractivity contribution in [1.29, 1.82) is 0 Å². The minimum atomic E-state index is -3.89. The van der Waals surface area contributed by atoms with Crippen LogP contribution in [-0.4, -0.2) is 49.4 Å². The fourth-order valence-electron chi connectivity index (χ4n) is 3.28. The predicted molar refractivity (Wildman–Crippen MR) is 123 cm³/mol. The van der Waals surface area contributed by atoms with Crippen LogP contribution in [0.15, 0.2) is 41.3 Å². The summed E-state index contributed by atoms with van der Waals surface area (Å²) in [7, 11) is -3.89. The average molecular weight is 467 g/mol. The number of hydrogen-bond donors (Lipinski definition) is 1. The number of ketones is 1. The normalized spacial score (nSPS) is 12.5. The van der Waals surface area contributed by atoms with Gasteiger partial charge in [-0.2, -0.15) is 16.5 Å². The van der Waals surface area contributed by atoms with Crippen molar-refractivity contribution in [2.24, 2.45) is 0 Å². The minimum Gasteiger partial charge on any atom is -0.456 e. The Kier molecular flexibility index (Phi) is 9.33. The SMILES string of the molecule is CCCn1c(C)cc(C(=O)COC(=O)C(CCSC)NS(=O)(=O)c2ccccc2)c1C. The monoisotopic (exact) mass is 466 g/mol. The lowest BCUT2D eigenvalue weighted by molar-refractivity contribution is -0.144. The number of carbonyl (C=O) groups excluding carboxylic acids is 2. The molecule has 0 saturated heterocycles. The van der Waals surface area contributed by atoms with E-state index in [4.69, 9.17) is 4.74 Å². The predicted octanol–water partition coefficient (Wildman–Crippen LogP) is 3.34. The Morgan fingerprint density at radius 3 is 2.48 bits per heavy atom. The summed E-state index contributed by atoms with van der Waals surface area (Å²) in [5.41, 5.74) is 2.33. The van der Waals surface area contributed by atoms with Crippen molar-refractivity contribution in [3.05, 3.63) is 53.3 Å². The Morgan fingerprint density at radius 2 is 1.87 bits per heavy atom. The molecule has 2 rings (SSSR count). The summed E-state index contributed by atoms with van der Waals surface area (Å²) in [6, 6.07) is 8.56. The van der Waals surface area contributed by atoms with E-state index in [1.807, 2.05) is 20.1 Å². The van der Waals surface area contributed by atoms with E-state index in [1.54, 1.807) is 24.3 Å². The van der Waals surface area contributed by atoms with Crippen molar-refractivity contribution in [3.8, 4) is 0 Å². The zero-order valence-electron chi connectivity index (χ0n) is 18.4. The number of esters is 1. The van der Waals surface area contributed by atoms with Crippen LogP contribution in [0.4, 0.5) is 0 Å². The summed E-state index contributed by atoms with van der Waals surface area (Å²) in [6.45, 7) is 6.24. The first-order chi connectivity index (χ1) is 14.7. The second-order valence-corrected chi connectivity index (χ2v) is 9.94. The molecule has 1 aromatic carbocycles. The molecule has 0 amide bonds. The number of aryl methyl sites for hydroxylation is 1. The molecule has 0 radical (unpaired) electrons. The van der Waals surface area contributed by atoms with Crippen LogP contribution in [0.5, 0.6) is 0 Å². The molecule has 0 bridgehead atoms. The van der Waals surface area contributed by atoms with Gasteiger partial charge in [0.05, 0.1) is 4.90 Å². The lowest BCUT2D eigenvalue weighted by atomic mass is 10.1. The smallest absolute Gasteiger partial charge is 0.324 e. The Labute approximate surface area is 188 Å². The van der Waals surface area contributed by atoms with Crippen LogP contribution in [0.25, 0.3) is 0 Å². The molecule has 0 fully saturated rings. The third-order valence-corrected chi connectivity index (χ3v) is 7.04. The molecule has 0 aliphatic heterocycles. The largest absolute Gasteiger partial charge is 0.456 e. The third-order valence-electron chi connectivity index (χ3n) is 4.91. The number of ether oxygens (including phenoxy) is 1. The topological polar surface area (TPSA) is 94.5 Å². The molecular weight excluding hydrogens is 436 g/mol. The van der Waals surface area contributed by atoms with Gasteiger partial charge in [0.15, 0.2) is 6.61 Å². The van der Waals surface area contributed by atoms with E-state index in [9.17, 15) is 18.0 Å². The second-order valence-electron chi connectivity index (χ2n) is 7.24. The highest BCUT2D eigenvalue weighted by atomic mass is 32.2. The van der Waals surface area contributed by atoms with E-state index in [2.05, 4.69) is 16.2 Å². The number of Topliss-reactive ketones (excluding diaryl/α,β-unsaturated/α-hetero) is 1. The highest BCUT2D eigenvalue weighted by Gasteiger charge is 2.27. The van der Waals surface area contributed by atoms with Crippen molar-refractivity contribution >= 4 is 33.5 Å². The number of nitrogens with one attached hydrogen (secondary N) is 1. The van der Waals surface area contributed by atoms with Gasteiger partial charge in [-0.3, -0.25) is 9.59 Å². The molecule has 7 nitrogen and oxygen atoms in total. The number of rotatable bonds is 12. The summed E-state index contributed by atoms with van der Waals surface area (Å²) >= 11 is 1.49. The molecule has 0 saturated carbocycles. The van der Waals surface area contributed by atoms with Gasteiger partial charge in [-0.1, -0.05) is 25.1 Å². The van der Waals surface area contributed by atoms with Gasteiger partial charge in [0.2, 0.25) is 15.8 Å². The van der Waals surface area contributed by atoms with Crippen molar-refractivity contribution in [2.75, 3.05) is 18.6 Å². The maximum absolute atomic E-state index is 12.6. The van der Waals surface area contributed by atoms with Crippen molar-refractivity contribution in [1.82, 2.24) is 9.29 Å². The first-order valence-electron chi connectivity index (χ1n) is 10.1. The molecule has 2 aromatic rings. The number of carbonyl (C=O) groups is 2. The van der Waals surface area contributed by atoms with Gasteiger partial charge in [0.25, 0.3) is 0 Å². The van der Waals surface area contributed by atoms with E-state index >= 15 is 0 Å². The number of hydrogen-bond acceptors (Lipinski definition) is 6.